The Morgan fingerprint density at radius 2 is 2.20 bits per heavy atom. The van der Waals surface area contributed by atoms with Gasteiger partial charge < -0.3 is 4.57 Å². The van der Waals surface area contributed by atoms with Crippen molar-refractivity contribution < 1.29 is 4.79 Å². The number of nitrogens with zero attached hydrogens (tertiary/aromatic N) is 3. The summed E-state index contributed by atoms with van der Waals surface area (Å²) in [6.07, 6.45) is 4.88. The van der Waals surface area contributed by atoms with Gasteiger partial charge in [0.1, 0.15) is 6.54 Å². The largest absolute Gasteiger partial charge is 0.306 e. The molecule has 0 fully saturated rings. The van der Waals surface area contributed by atoms with E-state index in [1.165, 1.54) is 10.6 Å². The van der Waals surface area contributed by atoms with Crippen LogP contribution in [0.2, 0.25) is 0 Å². The molecule has 0 saturated heterocycles. The van der Waals surface area contributed by atoms with Crippen molar-refractivity contribution in [3.05, 3.63) is 64.8 Å². The van der Waals surface area contributed by atoms with Crippen molar-refractivity contribution in [1.82, 2.24) is 15.0 Å². The highest BCUT2D eigenvalue weighted by molar-refractivity contribution is 5.98. The number of hydrogen-bond donors (Lipinski definition) is 1. The minimum absolute atomic E-state index is 0.0660. The third-order valence-electron chi connectivity index (χ3n) is 2.64. The summed E-state index contributed by atoms with van der Waals surface area (Å²) in [6.45, 7) is 1.70. The van der Waals surface area contributed by atoms with Crippen LogP contribution >= 0.6 is 0 Å². The molecule has 0 aliphatic rings. The van der Waals surface area contributed by atoms with Gasteiger partial charge in [-0.2, -0.15) is 5.10 Å². The minimum Gasteiger partial charge on any atom is -0.306 e. The molecule has 0 spiro atoms. The lowest BCUT2D eigenvalue weighted by Crippen LogP contribution is -2.29. The first-order chi connectivity index (χ1) is 9.66. The number of amides is 1. The van der Waals surface area contributed by atoms with Gasteiger partial charge >= 0.3 is 0 Å². The summed E-state index contributed by atoms with van der Waals surface area (Å²) in [7, 11) is 0. The van der Waals surface area contributed by atoms with Crippen LogP contribution in [-0.4, -0.2) is 21.2 Å². The molecule has 1 N–H and O–H groups in total. The molecule has 0 atom stereocenters. The maximum atomic E-state index is 11.7. The Hall–Kier alpha value is -2.76. The molecule has 1 amide bonds. The van der Waals surface area contributed by atoms with Crippen LogP contribution in [0, 0.1) is 0 Å². The Morgan fingerprint density at radius 1 is 1.35 bits per heavy atom. The zero-order valence-electron chi connectivity index (χ0n) is 11.0. The fourth-order valence-corrected chi connectivity index (χ4v) is 1.57. The first-order valence-corrected chi connectivity index (χ1v) is 6.06. The van der Waals surface area contributed by atoms with Gasteiger partial charge in [-0.15, -0.1) is 0 Å². The second-order valence-electron chi connectivity index (χ2n) is 4.14. The second kappa shape index (κ2) is 6.42. The third kappa shape index (κ3) is 3.61. The van der Waals surface area contributed by atoms with Crippen LogP contribution in [0.1, 0.15) is 12.5 Å². The highest BCUT2D eigenvalue weighted by Gasteiger charge is 2.03. The third-order valence-corrected chi connectivity index (χ3v) is 2.64. The monoisotopic (exact) mass is 270 g/mol. The van der Waals surface area contributed by atoms with E-state index in [1.807, 2.05) is 6.07 Å². The van der Waals surface area contributed by atoms with Gasteiger partial charge in [-0.05, 0) is 19.1 Å². The maximum Gasteiger partial charge on any atom is 0.260 e. The number of carbonyl (C=O) groups is 1. The molecule has 0 aliphatic heterocycles. The van der Waals surface area contributed by atoms with Crippen molar-refractivity contribution in [2.75, 3.05) is 0 Å². The molecule has 6 nitrogen and oxygen atoms in total. The van der Waals surface area contributed by atoms with Crippen LogP contribution in [0.3, 0.4) is 0 Å². The van der Waals surface area contributed by atoms with E-state index in [0.29, 0.717) is 5.71 Å². The van der Waals surface area contributed by atoms with Crippen molar-refractivity contribution in [2.24, 2.45) is 5.10 Å². The van der Waals surface area contributed by atoms with Crippen LogP contribution in [0.15, 0.2) is 58.8 Å². The molecule has 102 valence electrons. The van der Waals surface area contributed by atoms with Crippen LogP contribution in [-0.2, 0) is 11.3 Å². The summed E-state index contributed by atoms with van der Waals surface area (Å²) in [5.74, 6) is -0.360. The topological polar surface area (TPSA) is 76.3 Å². The molecular weight excluding hydrogens is 256 g/mol. The van der Waals surface area contributed by atoms with Gasteiger partial charge in [0.2, 0.25) is 0 Å². The Bertz CT molecular complexity index is 677. The first-order valence-electron chi connectivity index (χ1n) is 6.06. The van der Waals surface area contributed by atoms with Gasteiger partial charge in [0, 0.05) is 30.2 Å². The van der Waals surface area contributed by atoms with Crippen LogP contribution in [0.25, 0.3) is 0 Å². The fraction of sp³-hybridized carbons (Fsp3) is 0.143. The van der Waals surface area contributed by atoms with E-state index in [2.05, 4.69) is 15.5 Å². The molecular formula is C14H14N4O2. The molecule has 2 aromatic rings. The standard InChI is InChI=1S/C14H14N4O2/c1-11(12-5-4-7-15-9-12)16-17-13(19)10-18-8-3-2-6-14(18)20/h2-9H,10H2,1H3,(H,17,19)/b16-11-. The van der Waals surface area contributed by atoms with Gasteiger partial charge in [0.05, 0.1) is 5.71 Å². The van der Waals surface area contributed by atoms with Gasteiger partial charge in [-0.1, -0.05) is 12.1 Å². The summed E-state index contributed by atoms with van der Waals surface area (Å²) in [4.78, 5) is 27.1. The van der Waals surface area contributed by atoms with E-state index in [4.69, 9.17) is 0 Å². The maximum absolute atomic E-state index is 11.7. The molecule has 0 aromatic carbocycles. The number of rotatable bonds is 4. The quantitative estimate of drug-likeness (QED) is 0.659. The van der Waals surface area contributed by atoms with Crippen molar-refractivity contribution in [3.8, 4) is 0 Å². The number of hydrazone groups is 1. The summed E-state index contributed by atoms with van der Waals surface area (Å²) in [6, 6.07) is 8.36. The van der Waals surface area contributed by atoms with Crippen LogP contribution in [0.5, 0.6) is 0 Å². The van der Waals surface area contributed by atoms with E-state index in [1.54, 1.807) is 43.7 Å². The highest BCUT2D eigenvalue weighted by Crippen LogP contribution is 1.97. The van der Waals surface area contributed by atoms with Crippen molar-refractivity contribution in [1.29, 1.82) is 0 Å². The van der Waals surface area contributed by atoms with E-state index in [9.17, 15) is 9.59 Å². The molecule has 0 radical (unpaired) electrons. The number of pyridine rings is 2. The highest BCUT2D eigenvalue weighted by atomic mass is 16.2. The first kappa shape index (κ1) is 13.7. The molecule has 0 bridgehead atoms. The number of carbonyl (C=O) groups excluding carboxylic acids is 1. The Labute approximate surface area is 115 Å². The van der Waals surface area contributed by atoms with Crippen molar-refractivity contribution in [2.45, 2.75) is 13.5 Å². The van der Waals surface area contributed by atoms with Gasteiger partial charge in [0.25, 0.3) is 11.5 Å². The lowest BCUT2D eigenvalue weighted by molar-refractivity contribution is -0.121. The summed E-state index contributed by atoms with van der Waals surface area (Å²) in [5.41, 5.74) is 3.66. The summed E-state index contributed by atoms with van der Waals surface area (Å²) in [5, 5.41) is 3.98. The molecule has 0 saturated carbocycles. The Morgan fingerprint density at radius 3 is 2.90 bits per heavy atom. The molecule has 2 aromatic heterocycles. The zero-order chi connectivity index (χ0) is 14.4. The minimum atomic E-state index is -0.360. The average Bonchev–Trinajstić information content (AvgIpc) is 2.48. The molecule has 20 heavy (non-hydrogen) atoms. The van der Waals surface area contributed by atoms with E-state index < -0.39 is 0 Å². The molecule has 0 unspecified atom stereocenters. The molecule has 0 aliphatic carbocycles. The van der Waals surface area contributed by atoms with Gasteiger partial charge in [-0.3, -0.25) is 14.6 Å². The fourth-order valence-electron chi connectivity index (χ4n) is 1.57. The smallest absolute Gasteiger partial charge is 0.260 e. The lowest BCUT2D eigenvalue weighted by Gasteiger charge is -2.04. The number of nitrogens with one attached hydrogen (secondary N) is 1. The number of aromatic nitrogens is 2. The average molecular weight is 270 g/mol. The molecule has 2 heterocycles. The number of hydrogen-bond acceptors (Lipinski definition) is 4. The molecule has 6 heteroatoms. The molecule has 2 rings (SSSR count). The predicted octanol–water partition coefficient (Wildman–Crippen LogP) is 0.784. The van der Waals surface area contributed by atoms with E-state index >= 15 is 0 Å². The van der Waals surface area contributed by atoms with E-state index in [0.717, 1.165) is 5.56 Å². The summed E-state index contributed by atoms with van der Waals surface area (Å²) >= 11 is 0. The SMILES string of the molecule is C/C(=N/NC(=O)Cn1ccccc1=O)c1cccnc1. The lowest BCUT2D eigenvalue weighted by atomic mass is 10.2. The van der Waals surface area contributed by atoms with Crippen molar-refractivity contribution >= 4 is 11.6 Å². The second-order valence-corrected chi connectivity index (χ2v) is 4.14. The summed E-state index contributed by atoms with van der Waals surface area (Å²) < 4.78 is 1.31. The van der Waals surface area contributed by atoms with Crippen LogP contribution < -0.4 is 11.0 Å². The van der Waals surface area contributed by atoms with E-state index in [-0.39, 0.29) is 18.0 Å². The Kier molecular flexibility index (Phi) is 4.39. The van der Waals surface area contributed by atoms with Gasteiger partial charge in [0.15, 0.2) is 0 Å². The Balaban J connectivity index is 1.99. The van der Waals surface area contributed by atoms with Gasteiger partial charge in [-0.25, -0.2) is 5.43 Å². The zero-order valence-corrected chi connectivity index (χ0v) is 11.0. The van der Waals surface area contributed by atoms with Crippen molar-refractivity contribution in [3.63, 3.8) is 0 Å². The predicted molar refractivity (Wildman–Crippen MR) is 75.3 cm³/mol. The van der Waals surface area contributed by atoms with Crippen LogP contribution in [0.4, 0.5) is 0 Å². The normalized spacial score (nSPS) is 11.2.